The van der Waals surface area contributed by atoms with Crippen LogP contribution in [0, 0.1) is 11.6 Å². The van der Waals surface area contributed by atoms with E-state index in [2.05, 4.69) is 15.3 Å². The molecular weight excluding hydrogens is 366 g/mol. The molecule has 0 amide bonds. The molecule has 0 bridgehead atoms. The van der Waals surface area contributed by atoms with Crippen LogP contribution in [0.2, 0.25) is 0 Å². The zero-order valence-corrected chi connectivity index (χ0v) is 14.7. The Bertz CT molecular complexity index is 1040. The van der Waals surface area contributed by atoms with E-state index in [1.807, 2.05) is 11.0 Å². The van der Waals surface area contributed by atoms with Crippen LogP contribution in [0.25, 0.3) is 11.1 Å². The zero-order valence-electron chi connectivity index (χ0n) is 14.7. The maximum absolute atomic E-state index is 14.1. The fourth-order valence-electron chi connectivity index (χ4n) is 3.14. The average molecular weight is 382 g/mol. The lowest BCUT2D eigenvalue weighted by molar-refractivity contribution is 0.0690. The number of carboxylic acid groups (broad SMARTS) is 1. The molecule has 2 N–H and O–H groups in total. The molecule has 4 rings (SSSR count). The Balaban J connectivity index is 1.67. The number of aromatic nitrogens is 2. The summed E-state index contributed by atoms with van der Waals surface area (Å²) >= 11 is 0. The second-order valence-electron chi connectivity index (χ2n) is 6.41. The molecule has 1 aliphatic rings. The molecule has 0 saturated carbocycles. The Hall–Kier alpha value is -3.55. The van der Waals surface area contributed by atoms with Gasteiger partial charge >= 0.3 is 5.97 Å². The quantitative estimate of drug-likeness (QED) is 0.719. The summed E-state index contributed by atoms with van der Waals surface area (Å²) in [6.45, 7) is 1.44. The first kappa shape index (κ1) is 17.8. The van der Waals surface area contributed by atoms with Gasteiger partial charge in [0.05, 0.1) is 5.69 Å². The second-order valence-corrected chi connectivity index (χ2v) is 6.41. The maximum Gasteiger partial charge on any atom is 0.354 e. The van der Waals surface area contributed by atoms with Crippen molar-refractivity contribution in [2.24, 2.45) is 0 Å². The number of anilines is 2. The molecule has 3 aromatic rings. The van der Waals surface area contributed by atoms with E-state index in [0.717, 1.165) is 23.4 Å². The van der Waals surface area contributed by atoms with E-state index >= 15 is 0 Å². The van der Waals surface area contributed by atoms with Crippen molar-refractivity contribution in [2.45, 2.75) is 6.54 Å². The van der Waals surface area contributed by atoms with E-state index in [0.29, 0.717) is 24.5 Å². The lowest BCUT2D eigenvalue weighted by Crippen LogP contribution is -2.34. The van der Waals surface area contributed by atoms with Gasteiger partial charge in [0.1, 0.15) is 23.1 Å². The summed E-state index contributed by atoms with van der Waals surface area (Å²) in [5, 5.41) is 12.2. The van der Waals surface area contributed by atoms with E-state index in [1.165, 1.54) is 18.3 Å². The van der Waals surface area contributed by atoms with E-state index < -0.39 is 17.6 Å². The van der Waals surface area contributed by atoms with Crippen molar-refractivity contribution in [1.29, 1.82) is 0 Å². The normalized spacial score (nSPS) is 13.0. The minimum Gasteiger partial charge on any atom is -0.477 e. The summed E-state index contributed by atoms with van der Waals surface area (Å²) in [4.78, 5) is 21.2. The van der Waals surface area contributed by atoms with Gasteiger partial charge in [-0.2, -0.15) is 0 Å². The predicted octanol–water partition coefficient (Wildman–Crippen LogP) is 3.55. The predicted molar refractivity (Wildman–Crippen MR) is 100 cm³/mol. The van der Waals surface area contributed by atoms with Crippen LogP contribution in [0.5, 0.6) is 0 Å². The van der Waals surface area contributed by atoms with Crippen LogP contribution in [-0.2, 0) is 6.54 Å². The van der Waals surface area contributed by atoms with Crippen LogP contribution in [0.4, 0.5) is 20.3 Å². The van der Waals surface area contributed by atoms with Gasteiger partial charge in [-0.3, -0.25) is 0 Å². The maximum atomic E-state index is 14.1. The second kappa shape index (κ2) is 7.22. The molecule has 1 aromatic carbocycles. The highest BCUT2D eigenvalue weighted by molar-refractivity contribution is 5.86. The van der Waals surface area contributed by atoms with Crippen molar-refractivity contribution in [3.63, 3.8) is 0 Å². The number of benzene rings is 1. The van der Waals surface area contributed by atoms with Crippen LogP contribution >= 0.6 is 0 Å². The molecule has 0 saturated heterocycles. The van der Waals surface area contributed by atoms with E-state index in [9.17, 15) is 13.6 Å². The van der Waals surface area contributed by atoms with Crippen LogP contribution < -0.4 is 10.2 Å². The van der Waals surface area contributed by atoms with E-state index in [1.54, 1.807) is 12.3 Å². The Morgan fingerprint density at radius 1 is 1.11 bits per heavy atom. The van der Waals surface area contributed by atoms with Gasteiger partial charge < -0.3 is 15.3 Å². The molecule has 0 aliphatic carbocycles. The minimum absolute atomic E-state index is 0.0421. The summed E-state index contributed by atoms with van der Waals surface area (Å²) in [5.41, 5.74) is 2.44. The third-order valence-corrected chi connectivity index (χ3v) is 4.57. The Morgan fingerprint density at radius 3 is 2.68 bits per heavy atom. The number of carbonyl (C=O) groups is 1. The Labute approximate surface area is 159 Å². The minimum atomic E-state index is -1.09. The number of rotatable bonds is 4. The molecule has 8 heteroatoms. The number of aromatic carboxylic acids is 1. The molecule has 142 valence electrons. The smallest absolute Gasteiger partial charge is 0.354 e. The van der Waals surface area contributed by atoms with Gasteiger partial charge in [0.2, 0.25) is 0 Å². The van der Waals surface area contributed by atoms with Crippen molar-refractivity contribution < 1.29 is 18.7 Å². The van der Waals surface area contributed by atoms with Crippen LogP contribution in [-0.4, -0.2) is 34.1 Å². The number of nitrogens with one attached hydrogen (secondary N) is 1. The number of hydrogen-bond donors (Lipinski definition) is 2. The third kappa shape index (κ3) is 3.48. The fourth-order valence-corrected chi connectivity index (χ4v) is 3.14. The van der Waals surface area contributed by atoms with Gasteiger partial charge in [-0.1, -0.05) is 6.07 Å². The SMILES string of the molecule is O=C(O)c1ccc(-c2cnc3c(c2)N(Cc2cc(F)ccc2F)CCN3)cn1. The lowest BCUT2D eigenvalue weighted by atomic mass is 10.1. The first-order valence-electron chi connectivity index (χ1n) is 8.64. The summed E-state index contributed by atoms with van der Waals surface area (Å²) in [7, 11) is 0. The van der Waals surface area contributed by atoms with Crippen molar-refractivity contribution in [3.8, 4) is 11.1 Å². The topological polar surface area (TPSA) is 78.3 Å². The van der Waals surface area contributed by atoms with Gasteiger partial charge in [0, 0.05) is 48.7 Å². The van der Waals surface area contributed by atoms with Gasteiger partial charge in [0.15, 0.2) is 0 Å². The molecule has 3 heterocycles. The Morgan fingerprint density at radius 2 is 1.93 bits per heavy atom. The number of nitrogens with zero attached hydrogens (tertiary/aromatic N) is 3. The average Bonchev–Trinajstić information content (AvgIpc) is 2.71. The van der Waals surface area contributed by atoms with Crippen molar-refractivity contribution in [3.05, 3.63) is 71.7 Å². The Kier molecular flexibility index (Phi) is 4.60. The summed E-state index contributed by atoms with van der Waals surface area (Å²) in [6, 6.07) is 8.38. The molecule has 2 aromatic heterocycles. The number of fused-ring (bicyclic) bond motifs is 1. The van der Waals surface area contributed by atoms with Crippen LogP contribution in [0.3, 0.4) is 0 Å². The van der Waals surface area contributed by atoms with Gasteiger partial charge in [0.25, 0.3) is 0 Å². The van der Waals surface area contributed by atoms with Gasteiger partial charge in [-0.15, -0.1) is 0 Å². The van der Waals surface area contributed by atoms with E-state index in [-0.39, 0.29) is 17.8 Å². The molecule has 0 radical (unpaired) electrons. The third-order valence-electron chi connectivity index (χ3n) is 4.57. The highest BCUT2D eigenvalue weighted by Crippen LogP contribution is 2.32. The van der Waals surface area contributed by atoms with Crippen LogP contribution in [0.15, 0.2) is 48.8 Å². The highest BCUT2D eigenvalue weighted by Gasteiger charge is 2.20. The molecule has 0 unspecified atom stereocenters. The number of halogens is 2. The summed E-state index contributed by atoms with van der Waals surface area (Å²) < 4.78 is 27.6. The summed E-state index contributed by atoms with van der Waals surface area (Å²) in [6.07, 6.45) is 3.13. The largest absolute Gasteiger partial charge is 0.477 e. The lowest BCUT2D eigenvalue weighted by Gasteiger charge is -2.31. The standard InChI is InChI=1S/C20H16F2N4O2/c21-15-2-3-16(22)14(7-15)11-26-6-5-23-19-18(26)8-13(10-25-19)12-1-4-17(20(27)28)24-9-12/h1-4,7-10H,5-6,11H2,(H,23,25)(H,27,28). The zero-order chi connectivity index (χ0) is 19.7. The summed E-state index contributed by atoms with van der Waals surface area (Å²) in [5.74, 6) is -1.38. The van der Waals surface area contributed by atoms with Crippen molar-refractivity contribution in [1.82, 2.24) is 9.97 Å². The monoisotopic (exact) mass is 382 g/mol. The molecule has 28 heavy (non-hydrogen) atoms. The number of pyridine rings is 2. The first-order chi connectivity index (χ1) is 13.5. The fraction of sp³-hybridized carbons (Fsp3) is 0.150. The van der Waals surface area contributed by atoms with Crippen molar-refractivity contribution in [2.75, 3.05) is 23.3 Å². The number of hydrogen-bond acceptors (Lipinski definition) is 5. The van der Waals surface area contributed by atoms with Gasteiger partial charge in [-0.25, -0.2) is 23.5 Å². The molecule has 0 fully saturated rings. The first-order valence-corrected chi connectivity index (χ1v) is 8.64. The molecular formula is C20H16F2N4O2. The molecule has 1 aliphatic heterocycles. The molecule has 0 atom stereocenters. The highest BCUT2D eigenvalue weighted by atomic mass is 19.1. The molecule has 0 spiro atoms. The van der Waals surface area contributed by atoms with Crippen molar-refractivity contribution >= 4 is 17.5 Å². The number of carboxylic acids is 1. The van der Waals surface area contributed by atoms with E-state index in [4.69, 9.17) is 5.11 Å². The molecule has 6 nitrogen and oxygen atoms in total. The van der Waals surface area contributed by atoms with Crippen LogP contribution in [0.1, 0.15) is 16.1 Å². The van der Waals surface area contributed by atoms with Gasteiger partial charge in [-0.05, 0) is 30.3 Å².